The Balaban J connectivity index is 1.88. The molecule has 0 aromatic heterocycles. The fourth-order valence-corrected chi connectivity index (χ4v) is 4.94. The zero-order valence-electron chi connectivity index (χ0n) is 16.3. The molecule has 1 fully saturated rings. The summed E-state index contributed by atoms with van der Waals surface area (Å²) in [6, 6.07) is 12.5. The average molecular weight is 418 g/mol. The summed E-state index contributed by atoms with van der Waals surface area (Å²) in [6.07, 6.45) is 2.69. The molecule has 0 saturated carbocycles. The Bertz CT molecular complexity index is 851. The zero-order valence-corrected chi connectivity index (χ0v) is 17.8. The molecular weight excluding hydrogens is 393 g/mol. The molecule has 1 spiro atoms. The van der Waals surface area contributed by atoms with Crippen LogP contribution in [0.3, 0.4) is 0 Å². The van der Waals surface area contributed by atoms with Crippen molar-refractivity contribution in [1.29, 1.82) is 0 Å². The van der Waals surface area contributed by atoms with Gasteiger partial charge in [-0.2, -0.15) is 0 Å². The number of hydrogen-bond donors (Lipinski definition) is 1. The van der Waals surface area contributed by atoms with Crippen LogP contribution < -0.4 is 10.2 Å². The molecule has 4 rings (SSSR count). The maximum Gasteiger partial charge on any atom is 0.0974 e. The minimum atomic E-state index is -0.111. The van der Waals surface area contributed by atoms with E-state index in [-0.39, 0.29) is 5.41 Å². The van der Waals surface area contributed by atoms with Gasteiger partial charge in [-0.1, -0.05) is 23.2 Å². The molecule has 2 aromatic rings. The molecule has 0 unspecified atom stereocenters. The third-order valence-corrected chi connectivity index (χ3v) is 6.48. The summed E-state index contributed by atoms with van der Waals surface area (Å²) in [7, 11) is 3.73. The van der Waals surface area contributed by atoms with Gasteiger partial charge < -0.3 is 15.0 Å². The van der Waals surface area contributed by atoms with Gasteiger partial charge in [0.25, 0.3) is 0 Å². The van der Waals surface area contributed by atoms with Crippen LogP contribution in [0.25, 0.3) is 0 Å². The van der Waals surface area contributed by atoms with Gasteiger partial charge in [0.1, 0.15) is 0 Å². The van der Waals surface area contributed by atoms with E-state index in [0.29, 0.717) is 0 Å². The van der Waals surface area contributed by atoms with E-state index in [1.165, 1.54) is 22.5 Å². The molecule has 0 aliphatic carbocycles. The fraction of sp³-hybridized carbons (Fsp3) is 0.409. The van der Waals surface area contributed by atoms with Crippen molar-refractivity contribution in [2.75, 3.05) is 38.8 Å². The van der Waals surface area contributed by atoms with Gasteiger partial charge in [0, 0.05) is 67.1 Å². The van der Waals surface area contributed by atoms with Crippen LogP contribution in [0.1, 0.15) is 30.4 Å². The summed E-state index contributed by atoms with van der Waals surface area (Å²) in [6.45, 7) is 2.30. The minimum Gasteiger partial charge on any atom is -0.381 e. The van der Waals surface area contributed by atoms with E-state index < -0.39 is 0 Å². The molecule has 6 heteroatoms. The van der Waals surface area contributed by atoms with E-state index in [9.17, 15) is 0 Å². The van der Waals surface area contributed by atoms with Crippen molar-refractivity contribution < 1.29 is 4.74 Å². The van der Waals surface area contributed by atoms with Gasteiger partial charge in [-0.25, -0.2) is 0 Å². The summed E-state index contributed by atoms with van der Waals surface area (Å²) in [5.74, 6) is 0.984. The van der Waals surface area contributed by atoms with Gasteiger partial charge in [0.05, 0.1) is 5.84 Å². The van der Waals surface area contributed by atoms with E-state index in [2.05, 4.69) is 39.5 Å². The average Bonchev–Trinajstić information content (AvgIpc) is 2.72. The molecule has 2 heterocycles. The molecular formula is C22H25Cl2N3O. The topological polar surface area (TPSA) is 36.9 Å². The molecule has 0 atom stereocenters. The Morgan fingerprint density at radius 3 is 2.14 bits per heavy atom. The lowest BCUT2D eigenvalue weighted by Gasteiger charge is -2.47. The fourth-order valence-electron chi connectivity index (χ4n) is 4.59. The quantitative estimate of drug-likeness (QED) is 0.551. The van der Waals surface area contributed by atoms with Crippen molar-refractivity contribution in [3.63, 3.8) is 0 Å². The minimum absolute atomic E-state index is 0.111. The second-order valence-electron chi connectivity index (χ2n) is 7.34. The molecule has 1 saturated heterocycles. The van der Waals surface area contributed by atoms with Gasteiger partial charge >= 0.3 is 0 Å². The standard InChI is InChI=1S/C22H25Cl2N3O/c1-25-21(26-2)7-10-27-19-5-3-15(23)13-17(19)22(8-11-28-12-9-22)18-14-16(24)4-6-20(18)27/h3-6,13-14H,7-12H2,1-2H3,(H,25,26). The summed E-state index contributed by atoms with van der Waals surface area (Å²) in [4.78, 5) is 6.71. The Morgan fingerprint density at radius 1 is 1.07 bits per heavy atom. The highest BCUT2D eigenvalue weighted by molar-refractivity contribution is 6.31. The normalized spacial score (nSPS) is 18.0. The highest BCUT2D eigenvalue weighted by Crippen LogP contribution is 2.54. The maximum absolute atomic E-state index is 6.45. The zero-order chi connectivity index (χ0) is 19.7. The Morgan fingerprint density at radius 2 is 1.64 bits per heavy atom. The molecule has 148 valence electrons. The second kappa shape index (κ2) is 7.94. The number of fused-ring (bicyclic) bond motifs is 4. The SMILES string of the molecule is CN=C(CCN1c2ccc(Cl)cc2C2(CCOCC2)c2cc(Cl)ccc21)NC. The molecule has 0 bridgehead atoms. The molecule has 4 nitrogen and oxygen atoms in total. The van der Waals surface area contributed by atoms with Crippen molar-refractivity contribution in [1.82, 2.24) is 5.32 Å². The lowest BCUT2D eigenvalue weighted by molar-refractivity contribution is 0.0629. The van der Waals surface area contributed by atoms with Gasteiger partial charge in [0.2, 0.25) is 0 Å². The van der Waals surface area contributed by atoms with Gasteiger partial charge in [0.15, 0.2) is 0 Å². The van der Waals surface area contributed by atoms with Gasteiger partial charge in [-0.15, -0.1) is 0 Å². The van der Waals surface area contributed by atoms with E-state index in [1.54, 1.807) is 0 Å². The van der Waals surface area contributed by atoms with Gasteiger partial charge in [-0.3, -0.25) is 4.99 Å². The Hall–Kier alpha value is -1.75. The van der Waals surface area contributed by atoms with Crippen LogP contribution in [0, 0.1) is 0 Å². The first-order chi connectivity index (χ1) is 13.6. The van der Waals surface area contributed by atoms with Crippen molar-refractivity contribution in [2.24, 2.45) is 4.99 Å². The van der Waals surface area contributed by atoms with Crippen LogP contribution in [-0.4, -0.2) is 39.7 Å². The number of rotatable bonds is 3. The highest BCUT2D eigenvalue weighted by atomic mass is 35.5. The lowest BCUT2D eigenvalue weighted by atomic mass is 9.66. The van der Waals surface area contributed by atoms with Crippen molar-refractivity contribution >= 4 is 40.4 Å². The monoisotopic (exact) mass is 417 g/mol. The molecule has 2 aromatic carbocycles. The largest absolute Gasteiger partial charge is 0.381 e. The highest BCUT2D eigenvalue weighted by Gasteiger charge is 2.44. The summed E-state index contributed by atoms with van der Waals surface area (Å²) in [5.41, 5.74) is 4.87. The molecule has 28 heavy (non-hydrogen) atoms. The van der Waals surface area contributed by atoms with E-state index in [1.807, 2.05) is 26.2 Å². The van der Waals surface area contributed by atoms with Crippen molar-refractivity contribution in [3.8, 4) is 0 Å². The first kappa shape index (κ1) is 19.6. The number of amidine groups is 1. The van der Waals surface area contributed by atoms with Crippen molar-refractivity contribution in [3.05, 3.63) is 57.6 Å². The van der Waals surface area contributed by atoms with Crippen LogP contribution in [0.2, 0.25) is 10.0 Å². The molecule has 0 amide bonds. The third-order valence-electron chi connectivity index (χ3n) is 6.01. The number of halogens is 2. The summed E-state index contributed by atoms with van der Waals surface area (Å²) >= 11 is 12.9. The number of ether oxygens (including phenoxy) is 1. The first-order valence-corrected chi connectivity index (χ1v) is 10.4. The van der Waals surface area contributed by atoms with Crippen LogP contribution in [-0.2, 0) is 10.2 Å². The Kier molecular flexibility index (Phi) is 5.55. The number of nitrogens with zero attached hydrogens (tertiary/aromatic N) is 2. The van der Waals surface area contributed by atoms with E-state index in [0.717, 1.165) is 54.9 Å². The van der Waals surface area contributed by atoms with Crippen LogP contribution >= 0.6 is 23.2 Å². The number of benzene rings is 2. The smallest absolute Gasteiger partial charge is 0.0974 e. The predicted molar refractivity (Wildman–Crippen MR) is 118 cm³/mol. The predicted octanol–water partition coefficient (Wildman–Crippen LogP) is 5.18. The summed E-state index contributed by atoms with van der Waals surface area (Å²) < 4.78 is 5.72. The van der Waals surface area contributed by atoms with E-state index >= 15 is 0 Å². The molecule has 0 radical (unpaired) electrons. The van der Waals surface area contributed by atoms with Crippen molar-refractivity contribution in [2.45, 2.75) is 24.7 Å². The number of anilines is 2. The van der Waals surface area contributed by atoms with Crippen LogP contribution in [0.5, 0.6) is 0 Å². The lowest BCUT2D eigenvalue weighted by Crippen LogP contribution is -2.42. The number of nitrogens with one attached hydrogen (secondary N) is 1. The molecule has 2 aliphatic heterocycles. The third kappa shape index (κ3) is 3.28. The van der Waals surface area contributed by atoms with E-state index in [4.69, 9.17) is 27.9 Å². The number of hydrogen-bond acceptors (Lipinski definition) is 3. The van der Waals surface area contributed by atoms with Gasteiger partial charge in [-0.05, 0) is 60.4 Å². The van der Waals surface area contributed by atoms with Crippen LogP contribution in [0.15, 0.2) is 41.4 Å². The second-order valence-corrected chi connectivity index (χ2v) is 8.21. The molecule has 2 aliphatic rings. The Labute approximate surface area is 176 Å². The number of aliphatic imine (C=N–C) groups is 1. The summed E-state index contributed by atoms with van der Waals surface area (Å²) in [5, 5.41) is 4.71. The first-order valence-electron chi connectivity index (χ1n) is 9.68. The maximum atomic E-state index is 6.45. The molecule has 1 N–H and O–H groups in total. The van der Waals surface area contributed by atoms with Crippen LogP contribution in [0.4, 0.5) is 11.4 Å².